The van der Waals surface area contributed by atoms with Crippen LogP contribution in [0.15, 0.2) is 48.9 Å². The Morgan fingerprint density at radius 1 is 1.18 bits per heavy atom. The maximum absolute atomic E-state index is 14.7. The molecular formula is C21H19F2N3O2. The molecular weight excluding hydrogens is 364 g/mol. The predicted octanol–water partition coefficient (Wildman–Crippen LogP) is 3.54. The number of pyridine rings is 2. The summed E-state index contributed by atoms with van der Waals surface area (Å²) in [4.78, 5) is 8.58. The van der Waals surface area contributed by atoms with Crippen molar-refractivity contribution in [2.45, 2.75) is 12.3 Å². The summed E-state index contributed by atoms with van der Waals surface area (Å²) in [5.74, 6) is -0.793. The standard InChI is InChI=1S/C21H19F2N3O2/c22-18-3-4-19(28-7-6-27)20(23)17(18)9-15-12-26-21-16(15)8-14(11-25-21)13-2-1-5-24-10-13/h1-5,8,10-11,15,27H,6-7,9,12H2,(H,25,26). The Bertz CT molecular complexity index is 983. The van der Waals surface area contributed by atoms with E-state index in [0.717, 1.165) is 22.5 Å². The number of aliphatic hydroxyl groups excluding tert-OH is 1. The molecule has 2 aromatic heterocycles. The van der Waals surface area contributed by atoms with Crippen molar-refractivity contribution < 1.29 is 18.6 Å². The van der Waals surface area contributed by atoms with Crippen molar-refractivity contribution >= 4 is 5.82 Å². The number of rotatable bonds is 6. The van der Waals surface area contributed by atoms with Crippen LogP contribution in [0.25, 0.3) is 11.1 Å². The topological polar surface area (TPSA) is 67.3 Å². The first-order valence-corrected chi connectivity index (χ1v) is 9.02. The Morgan fingerprint density at radius 3 is 2.86 bits per heavy atom. The summed E-state index contributed by atoms with van der Waals surface area (Å²) < 4.78 is 34.2. The fraction of sp³-hybridized carbons (Fsp3) is 0.238. The first kappa shape index (κ1) is 18.3. The van der Waals surface area contributed by atoms with Crippen LogP contribution in [0.3, 0.4) is 0 Å². The number of aromatic nitrogens is 2. The average Bonchev–Trinajstić information content (AvgIpc) is 3.13. The minimum absolute atomic E-state index is 0.0260. The van der Waals surface area contributed by atoms with Gasteiger partial charge in [0.05, 0.1) is 6.61 Å². The number of fused-ring (bicyclic) bond motifs is 1. The van der Waals surface area contributed by atoms with Gasteiger partial charge in [0.15, 0.2) is 11.6 Å². The number of anilines is 1. The van der Waals surface area contributed by atoms with Gasteiger partial charge in [-0.3, -0.25) is 4.98 Å². The van der Waals surface area contributed by atoms with Crippen LogP contribution in [-0.2, 0) is 6.42 Å². The smallest absolute Gasteiger partial charge is 0.171 e. The molecule has 0 fully saturated rings. The zero-order chi connectivity index (χ0) is 19.5. The minimum atomic E-state index is -0.724. The lowest BCUT2D eigenvalue weighted by Crippen LogP contribution is -2.10. The van der Waals surface area contributed by atoms with Gasteiger partial charge in [0.25, 0.3) is 0 Å². The van der Waals surface area contributed by atoms with E-state index >= 15 is 0 Å². The largest absolute Gasteiger partial charge is 0.488 e. The van der Waals surface area contributed by atoms with Gasteiger partial charge in [0.1, 0.15) is 18.2 Å². The van der Waals surface area contributed by atoms with Crippen molar-refractivity contribution in [1.29, 1.82) is 0 Å². The lowest BCUT2D eigenvalue weighted by molar-refractivity contribution is 0.196. The van der Waals surface area contributed by atoms with Gasteiger partial charge in [-0.25, -0.2) is 13.8 Å². The predicted molar refractivity (Wildman–Crippen MR) is 101 cm³/mol. The summed E-state index contributed by atoms with van der Waals surface area (Å²) >= 11 is 0. The van der Waals surface area contributed by atoms with Crippen LogP contribution >= 0.6 is 0 Å². The highest BCUT2D eigenvalue weighted by molar-refractivity contribution is 5.67. The molecule has 7 heteroatoms. The fourth-order valence-corrected chi connectivity index (χ4v) is 3.42. The Balaban J connectivity index is 1.64. The monoisotopic (exact) mass is 383 g/mol. The third-order valence-corrected chi connectivity index (χ3v) is 4.82. The van der Waals surface area contributed by atoms with Crippen LogP contribution < -0.4 is 10.1 Å². The molecule has 0 saturated heterocycles. The van der Waals surface area contributed by atoms with Crippen LogP contribution in [0.2, 0.25) is 0 Å². The SMILES string of the molecule is OCCOc1ccc(F)c(CC2CNc3ncc(-c4cccnc4)cc32)c1F. The van der Waals surface area contributed by atoms with Crippen LogP contribution in [-0.4, -0.2) is 34.8 Å². The second-order valence-electron chi connectivity index (χ2n) is 6.60. The molecule has 4 rings (SSSR count). The number of nitrogens with one attached hydrogen (secondary N) is 1. The molecule has 1 unspecified atom stereocenters. The Morgan fingerprint density at radius 2 is 2.07 bits per heavy atom. The molecule has 2 N–H and O–H groups in total. The molecule has 0 bridgehead atoms. The number of hydrogen-bond acceptors (Lipinski definition) is 5. The molecule has 1 aliphatic heterocycles. The van der Waals surface area contributed by atoms with Gasteiger partial charge < -0.3 is 15.2 Å². The number of halogens is 2. The lowest BCUT2D eigenvalue weighted by atomic mass is 9.92. The number of benzene rings is 1. The molecule has 144 valence electrons. The molecule has 1 aliphatic rings. The average molecular weight is 383 g/mol. The van der Waals surface area contributed by atoms with E-state index in [1.54, 1.807) is 18.6 Å². The molecule has 0 saturated carbocycles. The minimum Gasteiger partial charge on any atom is -0.488 e. The molecule has 0 radical (unpaired) electrons. The van der Waals surface area contributed by atoms with Gasteiger partial charge in [0.2, 0.25) is 0 Å². The van der Waals surface area contributed by atoms with Gasteiger partial charge in [0, 0.05) is 53.3 Å². The number of aliphatic hydroxyl groups is 1. The second-order valence-corrected chi connectivity index (χ2v) is 6.60. The Kier molecular flexibility index (Phi) is 5.16. The van der Waals surface area contributed by atoms with Gasteiger partial charge in [-0.05, 0) is 30.7 Å². The van der Waals surface area contributed by atoms with E-state index in [4.69, 9.17) is 9.84 Å². The molecule has 5 nitrogen and oxygen atoms in total. The first-order chi connectivity index (χ1) is 13.7. The van der Waals surface area contributed by atoms with Crippen molar-refractivity contribution in [3.8, 4) is 16.9 Å². The van der Waals surface area contributed by atoms with E-state index < -0.39 is 11.6 Å². The summed E-state index contributed by atoms with van der Waals surface area (Å²) in [5.41, 5.74) is 2.73. The number of hydrogen-bond donors (Lipinski definition) is 2. The Labute approximate surface area is 161 Å². The molecule has 3 heterocycles. The molecule has 0 spiro atoms. The summed E-state index contributed by atoms with van der Waals surface area (Å²) in [7, 11) is 0. The number of nitrogens with zero attached hydrogens (tertiary/aromatic N) is 2. The molecule has 3 aromatic rings. The van der Waals surface area contributed by atoms with E-state index in [9.17, 15) is 8.78 Å². The third kappa shape index (κ3) is 3.53. The highest BCUT2D eigenvalue weighted by Gasteiger charge is 2.27. The molecule has 1 atom stereocenters. The van der Waals surface area contributed by atoms with Crippen molar-refractivity contribution in [3.05, 3.63) is 71.7 Å². The highest BCUT2D eigenvalue weighted by Crippen LogP contribution is 2.36. The summed E-state index contributed by atoms with van der Waals surface area (Å²) in [6, 6.07) is 8.22. The van der Waals surface area contributed by atoms with E-state index in [1.165, 1.54) is 12.1 Å². The van der Waals surface area contributed by atoms with E-state index in [-0.39, 0.29) is 36.9 Å². The van der Waals surface area contributed by atoms with E-state index in [2.05, 4.69) is 15.3 Å². The summed E-state index contributed by atoms with van der Waals surface area (Å²) in [6.45, 7) is 0.252. The Hall–Kier alpha value is -3.06. The molecule has 1 aromatic carbocycles. The fourth-order valence-electron chi connectivity index (χ4n) is 3.42. The van der Waals surface area contributed by atoms with Gasteiger partial charge in [-0.1, -0.05) is 6.07 Å². The van der Waals surface area contributed by atoms with Crippen LogP contribution in [0.5, 0.6) is 5.75 Å². The highest BCUT2D eigenvalue weighted by atomic mass is 19.1. The first-order valence-electron chi connectivity index (χ1n) is 9.02. The van der Waals surface area contributed by atoms with Crippen LogP contribution in [0.1, 0.15) is 17.0 Å². The quantitative estimate of drug-likeness (QED) is 0.682. The zero-order valence-electron chi connectivity index (χ0n) is 15.0. The summed E-state index contributed by atoms with van der Waals surface area (Å²) in [5, 5.41) is 12.1. The van der Waals surface area contributed by atoms with Crippen LogP contribution in [0, 0.1) is 11.6 Å². The van der Waals surface area contributed by atoms with Crippen molar-refractivity contribution in [1.82, 2.24) is 9.97 Å². The third-order valence-electron chi connectivity index (χ3n) is 4.82. The van der Waals surface area contributed by atoms with Crippen molar-refractivity contribution in [3.63, 3.8) is 0 Å². The van der Waals surface area contributed by atoms with Gasteiger partial charge >= 0.3 is 0 Å². The van der Waals surface area contributed by atoms with Crippen molar-refractivity contribution in [2.24, 2.45) is 0 Å². The van der Waals surface area contributed by atoms with Gasteiger partial charge in [-0.15, -0.1) is 0 Å². The number of ether oxygens (including phenoxy) is 1. The molecule has 28 heavy (non-hydrogen) atoms. The maximum atomic E-state index is 14.7. The van der Waals surface area contributed by atoms with Gasteiger partial charge in [-0.2, -0.15) is 0 Å². The maximum Gasteiger partial charge on any atom is 0.171 e. The normalized spacial score (nSPS) is 15.2. The lowest BCUT2D eigenvalue weighted by Gasteiger charge is -2.15. The zero-order valence-corrected chi connectivity index (χ0v) is 15.0. The van der Waals surface area contributed by atoms with E-state index in [1.807, 2.05) is 18.2 Å². The van der Waals surface area contributed by atoms with Crippen LogP contribution in [0.4, 0.5) is 14.6 Å². The molecule has 0 aliphatic carbocycles. The summed E-state index contributed by atoms with van der Waals surface area (Å²) in [6.07, 6.45) is 5.38. The molecule has 0 amide bonds. The van der Waals surface area contributed by atoms with Crippen molar-refractivity contribution in [2.75, 3.05) is 25.1 Å². The second kappa shape index (κ2) is 7.90. The van der Waals surface area contributed by atoms with E-state index in [0.29, 0.717) is 6.54 Å².